The summed E-state index contributed by atoms with van der Waals surface area (Å²) in [6.45, 7) is 1.88. The normalized spacial score (nSPS) is 10.4. The number of ether oxygens (including phenoxy) is 1. The van der Waals surface area contributed by atoms with Gasteiger partial charge in [0.15, 0.2) is 11.5 Å². The number of hydrogen-bond donors (Lipinski definition) is 3. The number of methoxy groups -OCH3 is 1. The number of aryl methyl sites for hydroxylation is 1. The molecule has 0 aromatic heterocycles. The predicted molar refractivity (Wildman–Crippen MR) is 90.2 cm³/mol. The highest BCUT2D eigenvalue weighted by molar-refractivity contribution is 6.39. The van der Waals surface area contributed by atoms with Crippen molar-refractivity contribution in [2.75, 3.05) is 12.4 Å². The highest BCUT2D eigenvalue weighted by atomic mass is 16.5. The van der Waals surface area contributed by atoms with Crippen molar-refractivity contribution in [3.63, 3.8) is 0 Å². The Labute approximate surface area is 139 Å². The minimum Gasteiger partial charge on any atom is -0.504 e. The van der Waals surface area contributed by atoms with Crippen molar-refractivity contribution < 1.29 is 19.4 Å². The summed E-state index contributed by atoms with van der Waals surface area (Å²) in [6.07, 6.45) is 1.33. The molecule has 0 aliphatic carbocycles. The predicted octanol–water partition coefficient (Wildman–Crippen LogP) is 1.80. The fourth-order valence-corrected chi connectivity index (χ4v) is 1.90. The van der Waals surface area contributed by atoms with Crippen LogP contribution >= 0.6 is 0 Å². The van der Waals surface area contributed by atoms with Gasteiger partial charge in [-0.25, -0.2) is 5.43 Å². The maximum absolute atomic E-state index is 11.8. The lowest BCUT2D eigenvalue weighted by Crippen LogP contribution is -2.32. The van der Waals surface area contributed by atoms with Gasteiger partial charge >= 0.3 is 11.8 Å². The van der Waals surface area contributed by atoms with Gasteiger partial charge in [0.2, 0.25) is 0 Å². The lowest BCUT2D eigenvalue weighted by atomic mass is 10.2. The van der Waals surface area contributed by atoms with Gasteiger partial charge in [-0.3, -0.25) is 9.59 Å². The van der Waals surface area contributed by atoms with Crippen LogP contribution in [0, 0.1) is 6.92 Å². The number of rotatable bonds is 4. The van der Waals surface area contributed by atoms with Gasteiger partial charge in [0.1, 0.15) is 0 Å². The van der Waals surface area contributed by atoms with Crippen molar-refractivity contribution in [1.29, 1.82) is 0 Å². The first-order valence-electron chi connectivity index (χ1n) is 7.07. The van der Waals surface area contributed by atoms with Gasteiger partial charge in [0, 0.05) is 5.69 Å². The second-order valence-corrected chi connectivity index (χ2v) is 4.95. The zero-order valence-corrected chi connectivity index (χ0v) is 13.2. The molecule has 0 spiro atoms. The molecule has 0 saturated carbocycles. The van der Waals surface area contributed by atoms with Crippen LogP contribution in [0.5, 0.6) is 11.5 Å². The molecule has 0 aliphatic rings. The number of carbonyl (C=O) groups excluding carboxylic acids is 2. The van der Waals surface area contributed by atoms with Crippen LogP contribution < -0.4 is 15.5 Å². The topological polar surface area (TPSA) is 100 Å². The van der Waals surface area contributed by atoms with Crippen molar-refractivity contribution in [2.24, 2.45) is 5.10 Å². The number of nitrogens with zero attached hydrogens (tertiary/aromatic N) is 1. The molecule has 7 heteroatoms. The number of aromatic hydroxyl groups is 1. The molecule has 0 aliphatic heterocycles. The number of phenols is 1. The van der Waals surface area contributed by atoms with Crippen LogP contribution in [0.4, 0.5) is 5.69 Å². The average molecular weight is 327 g/mol. The molecular weight excluding hydrogens is 310 g/mol. The van der Waals surface area contributed by atoms with E-state index in [-0.39, 0.29) is 11.5 Å². The van der Waals surface area contributed by atoms with E-state index in [9.17, 15) is 14.7 Å². The average Bonchev–Trinajstić information content (AvgIpc) is 2.56. The molecule has 0 bridgehead atoms. The van der Waals surface area contributed by atoms with Crippen LogP contribution in [0.3, 0.4) is 0 Å². The molecule has 0 fully saturated rings. The van der Waals surface area contributed by atoms with Crippen molar-refractivity contribution in [3.8, 4) is 11.5 Å². The van der Waals surface area contributed by atoms with E-state index in [0.717, 1.165) is 5.56 Å². The van der Waals surface area contributed by atoms with Crippen LogP contribution in [0.2, 0.25) is 0 Å². The second kappa shape index (κ2) is 7.77. The van der Waals surface area contributed by atoms with Crippen molar-refractivity contribution in [2.45, 2.75) is 6.92 Å². The Kier molecular flexibility index (Phi) is 5.51. The Morgan fingerprint density at radius 3 is 2.67 bits per heavy atom. The van der Waals surface area contributed by atoms with Gasteiger partial charge in [-0.05, 0) is 48.4 Å². The largest absolute Gasteiger partial charge is 0.504 e. The first-order valence-corrected chi connectivity index (χ1v) is 7.07. The van der Waals surface area contributed by atoms with Crippen molar-refractivity contribution >= 4 is 23.7 Å². The van der Waals surface area contributed by atoms with Gasteiger partial charge in [-0.1, -0.05) is 12.1 Å². The van der Waals surface area contributed by atoms with Crippen LogP contribution in [0.1, 0.15) is 11.1 Å². The fraction of sp³-hybridized carbons (Fsp3) is 0.118. The van der Waals surface area contributed by atoms with E-state index < -0.39 is 11.8 Å². The highest BCUT2D eigenvalue weighted by Crippen LogP contribution is 2.25. The number of amides is 2. The summed E-state index contributed by atoms with van der Waals surface area (Å²) in [5.74, 6) is -1.43. The molecule has 2 rings (SSSR count). The quantitative estimate of drug-likeness (QED) is 0.453. The maximum atomic E-state index is 11.8. The molecule has 2 amide bonds. The number of benzene rings is 2. The monoisotopic (exact) mass is 327 g/mol. The maximum Gasteiger partial charge on any atom is 0.329 e. The van der Waals surface area contributed by atoms with Gasteiger partial charge in [-0.2, -0.15) is 5.10 Å². The molecule has 2 aromatic rings. The molecule has 0 radical (unpaired) electrons. The van der Waals surface area contributed by atoms with Crippen molar-refractivity contribution in [1.82, 2.24) is 5.43 Å². The molecular formula is C17H17N3O4. The lowest BCUT2D eigenvalue weighted by Gasteiger charge is -2.05. The van der Waals surface area contributed by atoms with Crippen LogP contribution in [0.15, 0.2) is 47.6 Å². The number of nitrogens with one attached hydrogen (secondary N) is 2. The van der Waals surface area contributed by atoms with Gasteiger partial charge in [0.25, 0.3) is 0 Å². The number of carbonyl (C=O) groups is 2. The third kappa shape index (κ3) is 4.57. The zero-order valence-electron chi connectivity index (χ0n) is 13.2. The van der Waals surface area contributed by atoms with Crippen molar-refractivity contribution in [3.05, 3.63) is 53.6 Å². The second-order valence-electron chi connectivity index (χ2n) is 4.95. The van der Waals surface area contributed by atoms with E-state index >= 15 is 0 Å². The van der Waals surface area contributed by atoms with E-state index in [4.69, 9.17) is 4.74 Å². The number of anilines is 1. The Bertz CT molecular complexity index is 787. The third-order valence-electron chi connectivity index (χ3n) is 3.07. The van der Waals surface area contributed by atoms with E-state index in [1.807, 2.05) is 13.0 Å². The van der Waals surface area contributed by atoms with Gasteiger partial charge in [0.05, 0.1) is 13.3 Å². The van der Waals surface area contributed by atoms with E-state index in [0.29, 0.717) is 11.3 Å². The first-order chi connectivity index (χ1) is 11.5. The molecule has 24 heavy (non-hydrogen) atoms. The Morgan fingerprint density at radius 2 is 1.96 bits per heavy atom. The summed E-state index contributed by atoms with van der Waals surface area (Å²) >= 11 is 0. The summed E-state index contributed by atoms with van der Waals surface area (Å²) in [5, 5.41) is 15.7. The van der Waals surface area contributed by atoms with Crippen LogP contribution in [-0.4, -0.2) is 30.2 Å². The number of hydrazone groups is 1. The SMILES string of the molecule is COc1cc(/C=N\NC(=O)C(=O)Nc2cccc(C)c2)ccc1O. The van der Waals surface area contributed by atoms with E-state index in [1.165, 1.54) is 25.5 Å². The molecule has 3 N–H and O–H groups in total. The summed E-state index contributed by atoms with van der Waals surface area (Å²) < 4.78 is 4.96. The van der Waals surface area contributed by atoms with E-state index in [2.05, 4.69) is 15.8 Å². The minimum atomic E-state index is -0.890. The first kappa shape index (κ1) is 17.0. The standard InChI is InChI=1S/C17H17N3O4/c1-11-4-3-5-13(8-11)19-16(22)17(23)20-18-10-12-6-7-14(21)15(9-12)24-2/h3-10,21H,1-2H3,(H,19,22)(H,20,23)/b18-10-. The summed E-state index contributed by atoms with van der Waals surface area (Å²) in [6, 6.07) is 11.6. The Morgan fingerprint density at radius 1 is 1.17 bits per heavy atom. The highest BCUT2D eigenvalue weighted by Gasteiger charge is 2.12. The lowest BCUT2D eigenvalue weighted by molar-refractivity contribution is -0.136. The van der Waals surface area contributed by atoms with Gasteiger partial charge in [-0.15, -0.1) is 0 Å². The van der Waals surface area contributed by atoms with Crippen LogP contribution in [0.25, 0.3) is 0 Å². The summed E-state index contributed by atoms with van der Waals surface area (Å²) in [7, 11) is 1.42. The molecule has 124 valence electrons. The zero-order chi connectivity index (χ0) is 17.5. The summed E-state index contributed by atoms with van der Waals surface area (Å²) in [5.41, 5.74) is 4.22. The molecule has 0 atom stereocenters. The smallest absolute Gasteiger partial charge is 0.329 e. The fourth-order valence-electron chi connectivity index (χ4n) is 1.90. The van der Waals surface area contributed by atoms with E-state index in [1.54, 1.807) is 24.3 Å². The van der Waals surface area contributed by atoms with Crippen LogP contribution in [-0.2, 0) is 9.59 Å². The summed E-state index contributed by atoms with van der Waals surface area (Å²) in [4.78, 5) is 23.5. The molecule has 0 saturated heterocycles. The van der Waals surface area contributed by atoms with Gasteiger partial charge < -0.3 is 15.2 Å². The number of phenolic OH excluding ortho intramolecular Hbond substituents is 1. The Balaban J connectivity index is 1.93. The third-order valence-corrected chi connectivity index (χ3v) is 3.07. The number of hydrogen-bond acceptors (Lipinski definition) is 5. The molecule has 2 aromatic carbocycles. The Hall–Kier alpha value is -3.35. The molecule has 0 unspecified atom stereocenters. The molecule has 7 nitrogen and oxygen atoms in total. The minimum absolute atomic E-state index is 0.00350. The molecule has 0 heterocycles.